The molecule has 4 nitrogen and oxygen atoms in total. The topological polar surface area (TPSA) is 65.7 Å². The van der Waals surface area contributed by atoms with E-state index in [1.807, 2.05) is 0 Å². The molecule has 0 saturated carbocycles. The molecule has 0 fully saturated rings. The summed E-state index contributed by atoms with van der Waals surface area (Å²) >= 11 is 0. The van der Waals surface area contributed by atoms with E-state index >= 15 is 0 Å². The van der Waals surface area contributed by atoms with Crippen LogP contribution in [0, 0.1) is 0 Å². The molecule has 0 amide bonds. The maximum absolute atomic E-state index is 11.8. The van der Waals surface area contributed by atoms with Gasteiger partial charge in [0, 0.05) is 6.20 Å². The smallest absolute Gasteiger partial charge is 0.313 e. The van der Waals surface area contributed by atoms with Gasteiger partial charge < -0.3 is 4.98 Å². The average molecular weight is 182 g/mol. The molecule has 1 aromatic rings. The summed E-state index contributed by atoms with van der Waals surface area (Å²) in [6.45, 7) is 0. The number of halogens is 3. The number of rotatable bonds is 0. The van der Waals surface area contributed by atoms with Crippen LogP contribution in [-0.4, -0.2) is 9.97 Å². The highest BCUT2D eigenvalue weighted by Crippen LogP contribution is 2.24. The molecule has 0 aliphatic heterocycles. The molecule has 0 saturated heterocycles. The Bertz CT molecular complexity index is 389. The lowest BCUT2D eigenvalue weighted by atomic mass is 10.3. The van der Waals surface area contributed by atoms with Crippen molar-refractivity contribution in [3.8, 4) is 0 Å². The van der Waals surface area contributed by atoms with Crippen LogP contribution in [0.2, 0.25) is 0 Å². The Morgan fingerprint density at radius 1 is 1.42 bits per heavy atom. The maximum Gasteiger partial charge on any atom is 0.423 e. The fourth-order valence-electron chi connectivity index (χ4n) is 0.620. The molecular weight excluding hydrogens is 179 g/mol. The van der Waals surface area contributed by atoms with Crippen LogP contribution in [0.1, 0.15) is 5.56 Å². The van der Waals surface area contributed by atoms with E-state index in [1.165, 1.54) is 4.98 Å². The van der Waals surface area contributed by atoms with Gasteiger partial charge in [-0.15, -0.1) is 0 Å². The monoisotopic (exact) mass is 182 g/mol. The van der Waals surface area contributed by atoms with Gasteiger partial charge in [-0.2, -0.15) is 13.2 Å². The van der Waals surface area contributed by atoms with E-state index < -0.39 is 23.0 Å². The van der Waals surface area contributed by atoms with Gasteiger partial charge in [-0.05, 0) is 0 Å². The minimum Gasteiger partial charge on any atom is -0.313 e. The van der Waals surface area contributed by atoms with Crippen LogP contribution in [0.5, 0.6) is 0 Å². The van der Waals surface area contributed by atoms with Crippen LogP contribution < -0.4 is 11.2 Å². The molecule has 0 bridgehead atoms. The third-order valence-electron chi connectivity index (χ3n) is 1.12. The van der Waals surface area contributed by atoms with Crippen molar-refractivity contribution in [3.05, 3.63) is 32.6 Å². The third-order valence-corrected chi connectivity index (χ3v) is 1.12. The zero-order valence-corrected chi connectivity index (χ0v) is 5.53. The summed E-state index contributed by atoms with van der Waals surface area (Å²) in [5.74, 6) is 0. The standard InChI is InChI=1S/C5H3F3N2O2/c6-5(7,8)2-1-9-4(12)10-3(2)11/h1H,(H2,9,10,11,12)/i4+2. The van der Waals surface area contributed by atoms with Crippen LogP contribution in [0.15, 0.2) is 15.8 Å². The number of hydrogen-bond acceptors (Lipinski definition) is 2. The van der Waals surface area contributed by atoms with E-state index in [1.54, 1.807) is 4.98 Å². The highest BCUT2D eigenvalue weighted by atomic mass is 19.4. The minimum absolute atomic E-state index is 0.334. The molecule has 0 aromatic carbocycles. The van der Waals surface area contributed by atoms with Crippen molar-refractivity contribution < 1.29 is 13.2 Å². The number of aromatic nitrogens is 2. The first kappa shape index (κ1) is 8.57. The van der Waals surface area contributed by atoms with Crippen LogP contribution >= 0.6 is 0 Å². The number of alkyl halides is 3. The summed E-state index contributed by atoms with van der Waals surface area (Å²) in [6, 6.07) is 0. The van der Waals surface area contributed by atoms with Gasteiger partial charge in [0.15, 0.2) is 0 Å². The van der Waals surface area contributed by atoms with E-state index in [0.717, 1.165) is 0 Å². The van der Waals surface area contributed by atoms with E-state index in [4.69, 9.17) is 0 Å². The van der Waals surface area contributed by atoms with E-state index in [2.05, 4.69) is 0 Å². The van der Waals surface area contributed by atoms with Crippen molar-refractivity contribution in [2.75, 3.05) is 0 Å². The summed E-state index contributed by atoms with van der Waals surface area (Å²) in [5.41, 5.74) is -3.82. The number of nitrogens with one attached hydrogen (secondary N) is 2. The predicted molar refractivity (Wildman–Crippen MR) is 32.7 cm³/mol. The molecule has 1 heterocycles. The second kappa shape index (κ2) is 2.50. The molecule has 1 aromatic heterocycles. The average Bonchev–Trinajstić information content (AvgIpc) is 1.83. The lowest BCUT2D eigenvalue weighted by molar-refractivity contribution is -0.139. The van der Waals surface area contributed by atoms with E-state index in [-0.39, 0.29) is 0 Å². The summed E-state index contributed by atoms with van der Waals surface area (Å²) in [5, 5.41) is 0. The molecule has 2 N–H and O–H groups in total. The van der Waals surface area contributed by atoms with Gasteiger partial charge in [-0.3, -0.25) is 9.78 Å². The molecule has 0 spiro atoms. The first-order chi connectivity index (χ1) is 5.41. The van der Waals surface area contributed by atoms with Crippen LogP contribution in [-0.2, 0) is 6.18 Å². The van der Waals surface area contributed by atoms with Crippen LogP contribution in [0.3, 0.4) is 0 Å². The van der Waals surface area contributed by atoms with Gasteiger partial charge in [0.05, 0.1) is 0 Å². The summed E-state index contributed by atoms with van der Waals surface area (Å²) in [6.07, 6.45) is -4.40. The number of aromatic amines is 2. The summed E-state index contributed by atoms with van der Waals surface area (Å²) in [4.78, 5) is 24.0. The Morgan fingerprint density at radius 3 is 2.42 bits per heavy atom. The predicted octanol–water partition coefficient (Wildman–Crippen LogP) is 0.0820. The molecule has 7 heteroatoms. The minimum atomic E-state index is -4.74. The Balaban J connectivity index is 3.39. The molecular formula is C5H3F3N2O2. The molecule has 1 rings (SSSR count). The second-order valence-electron chi connectivity index (χ2n) is 1.98. The van der Waals surface area contributed by atoms with Crippen molar-refractivity contribution in [2.45, 2.75) is 6.18 Å². The molecule has 66 valence electrons. The molecule has 0 unspecified atom stereocenters. The van der Waals surface area contributed by atoms with Gasteiger partial charge in [0.1, 0.15) is 5.56 Å². The zero-order chi connectivity index (χ0) is 9.35. The van der Waals surface area contributed by atoms with Gasteiger partial charge in [0.25, 0.3) is 5.56 Å². The number of hydrogen-bond donors (Lipinski definition) is 2. The van der Waals surface area contributed by atoms with Crippen molar-refractivity contribution in [3.63, 3.8) is 0 Å². The Hall–Kier alpha value is -1.53. The summed E-state index contributed by atoms with van der Waals surface area (Å²) < 4.78 is 35.5. The zero-order valence-electron chi connectivity index (χ0n) is 5.53. The van der Waals surface area contributed by atoms with Crippen LogP contribution in [0.25, 0.3) is 0 Å². The molecule has 0 aliphatic rings. The number of H-pyrrole nitrogens is 2. The fraction of sp³-hybridized carbons (Fsp3) is 0.200. The quantitative estimate of drug-likeness (QED) is 0.596. The van der Waals surface area contributed by atoms with Crippen molar-refractivity contribution in [2.24, 2.45) is 0 Å². The van der Waals surface area contributed by atoms with Crippen LogP contribution in [0.4, 0.5) is 13.2 Å². The highest BCUT2D eigenvalue weighted by Gasteiger charge is 2.34. The fourth-order valence-corrected chi connectivity index (χ4v) is 0.620. The van der Waals surface area contributed by atoms with Gasteiger partial charge in [-0.1, -0.05) is 0 Å². The SMILES string of the molecule is O=c1[nH][14c](=O)[nH]cc1C(F)(F)F. The van der Waals surface area contributed by atoms with Crippen molar-refractivity contribution in [1.82, 2.24) is 9.97 Å². The molecule has 0 atom stereocenters. The Labute approximate surface area is 63.1 Å². The van der Waals surface area contributed by atoms with E-state index in [9.17, 15) is 22.8 Å². The normalized spacial score (nSPS) is 11.6. The van der Waals surface area contributed by atoms with E-state index in [0.29, 0.717) is 6.20 Å². The van der Waals surface area contributed by atoms with Gasteiger partial charge in [0.2, 0.25) is 0 Å². The first-order valence-corrected chi connectivity index (χ1v) is 2.80. The van der Waals surface area contributed by atoms with Gasteiger partial charge >= 0.3 is 11.9 Å². The second-order valence-corrected chi connectivity index (χ2v) is 1.98. The summed E-state index contributed by atoms with van der Waals surface area (Å²) in [7, 11) is 0. The Kier molecular flexibility index (Phi) is 1.79. The van der Waals surface area contributed by atoms with Gasteiger partial charge in [-0.25, -0.2) is 4.79 Å². The lowest BCUT2D eigenvalue weighted by Crippen LogP contribution is -2.28. The highest BCUT2D eigenvalue weighted by molar-refractivity contribution is 5.07. The molecule has 0 aliphatic carbocycles. The largest absolute Gasteiger partial charge is 0.423 e. The first-order valence-electron chi connectivity index (χ1n) is 2.80. The molecule has 0 radical (unpaired) electrons. The van der Waals surface area contributed by atoms with Crippen molar-refractivity contribution >= 4 is 0 Å². The third kappa shape index (κ3) is 1.55. The Morgan fingerprint density at radius 2 is 2.00 bits per heavy atom. The molecule has 12 heavy (non-hydrogen) atoms. The lowest BCUT2D eigenvalue weighted by Gasteiger charge is -2.02. The van der Waals surface area contributed by atoms with Crippen molar-refractivity contribution in [1.29, 1.82) is 0 Å². The maximum atomic E-state index is 11.8.